The van der Waals surface area contributed by atoms with Crippen LogP contribution in [-0.2, 0) is 22.5 Å². The Morgan fingerprint density at radius 2 is 2.10 bits per heavy atom. The van der Waals surface area contributed by atoms with Gasteiger partial charge in [0.05, 0.1) is 22.9 Å². The van der Waals surface area contributed by atoms with Gasteiger partial charge in [-0.3, -0.25) is 9.59 Å². The first-order valence-electron chi connectivity index (χ1n) is 9.64. The van der Waals surface area contributed by atoms with Gasteiger partial charge in [0.25, 0.3) is 0 Å². The van der Waals surface area contributed by atoms with E-state index >= 15 is 0 Å². The Morgan fingerprint density at radius 1 is 1.28 bits per heavy atom. The Balaban J connectivity index is 1.57. The number of carbonyl (C=O) groups excluding carboxylic acids is 2. The molecule has 6 nitrogen and oxygen atoms in total. The largest absolute Gasteiger partial charge is 0.383 e. The summed E-state index contributed by atoms with van der Waals surface area (Å²) in [6.45, 7) is 3.17. The summed E-state index contributed by atoms with van der Waals surface area (Å²) >= 11 is 1.46. The number of nitrogens with one attached hydrogen (secondary N) is 1. The van der Waals surface area contributed by atoms with Crippen molar-refractivity contribution in [1.82, 2.24) is 9.55 Å². The normalized spacial score (nSPS) is 14.5. The minimum atomic E-state index is -0.288. The molecule has 0 fully saturated rings. The van der Waals surface area contributed by atoms with Gasteiger partial charge in [0.2, 0.25) is 5.91 Å². The van der Waals surface area contributed by atoms with E-state index in [2.05, 4.69) is 9.88 Å². The van der Waals surface area contributed by atoms with E-state index in [4.69, 9.17) is 9.72 Å². The lowest BCUT2D eigenvalue weighted by atomic mass is 9.98. The molecule has 1 unspecified atom stereocenters. The molecular formula is C22H23N3O3S. The second-order valence-electron chi connectivity index (χ2n) is 7.07. The highest BCUT2D eigenvalue weighted by Gasteiger charge is 2.22. The zero-order valence-corrected chi connectivity index (χ0v) is 17.3. The lowest BCUT2D eigenvalue weighted by molar-refractivity contribution is -0.116. The van der Waals surface area contributed by atoms with Crippen molar-refractivity contribution >= 4 is 40.2 Å². The van der Waals surface area contributed by atoms with Crippen LogP contribution in [0, 0.1) is 0 Å². The van der Waals surface area contributed by atoms with Crippen LogP contribution >= 0.6 is 11.8 Å². The molecule has 4 rings (SSSR count). The molecule has 1 N–H and O–H groups in total. The van der Waals surface area contributed by atoms with Crippen molar-refractivity contribution in [3.05, 3.63) is 53.6 Å². The van der Waals surface area contributed by atoms with Crippen LogP contribution in [0.4, 0.5) is 5.69 Å². The fraction of sp³-hybridized carbons (Fsp3) is 0.318. The number of rotatable bonds is 7. The van der Waals surface area contributed by atoms with E-state index in [9.17, 15) is 9.59 Å². The molecule has 7 heteroatoms. The first-order valence-corrected chi connectivity index (χ1v) is 10.5. The molecule has 29 heavy (non-hydrogen) atoms. The van der Waals surface area contributed by atoms with Gasteiger partial charge in [0, 0.05) is 31.3 Å². The van der Waals surface area contributed by atoms with E-state index in [0.717, 1.165) is 27.4 Å². The van der Waals surface area contributed by atoms with Crippen LogP contribution in [0.3, 0.4) is 0 Å². The predicted octanol–water partition coefficient (Wildman–Crippen LogP) is 3.93. The summed E-state index contributed by atoms with van der Waals surface area (Å²) in [6.07, 6.45) is 1.12. The molecule has 3 aromatic rings. The molecule has 1 aliphatic rings. The molecule has 1 aromatic heterocycles. The van der Waals surface area contributed by atoms with Gasteiger partial charge in [-0.2, -0.15) is 0 Å². The Labute approximate surface area is 173 Å². The van der Waals surface area contributed by atoms with Crippen LogP contribution < -0.4 is 5.32 Å². The first kappa shape index (κ1) is 19.7. The number of imidazole rings is 1. The number of methoxy groups -OCH3 is 1. The highest BCUT2D eigenvalue weighted by molar-refractivity contribution is 8.00. The average Bonchev–Trinajstić information content (AvgIpc) is 3.08. The summed E-state index contributed by atoms with van der Waals surface area (Å²) < 4.78 is 7.35. The monoisotopic (exact) mass is 409 g/mol. The highest BCUT2D eigenvalue weighted by atomic mass is 32.2. The molecule has 0 spiro atoms. The number of anilines is 1. The number of benzene rings is 2. The second kappa shape index (κ2) is 8.39. The number of para-hydroxylation sites is 2. The van der Waals surface area contributed by atoms with Gasteiger partial charge in [0.1, 0.15) is 0 Å². The van der Waals surface area contributed by atoms with Gasteiger partial charge in [-0.25, -0.2) is 4.98 Å². The van der Waals surface area contributed by atoms with E-state index < -0.39 is 0 Å². The van der Waals surface area contributed by atoms with Crippen molar-refractivity contribution in [2.24, 2.45) is 0 Å². The third-order valence-electron chi connectivity index (χ3n) is 5.08. The van der Waals surface area contributed by atoms with Gasteiger partial charge in [-0.05, 0) is 49.2 Å². The van der Waals surface area contributed by atoms with Gasteiger partial charge in [0.15, 0.2) is 10.9 Å². The topological polar surface area (TPSA) is 73.2 Å². The molecule has 0 aliphatic carbocycles. The predicted molar refractivity (Wildman–Crippen MR) is 115 cm³/mol. The number of hydrogen-bond donors (Lipinski definition) is 1. The number of amides is 1. The quantitative estimate of drug-likeness (QED) is 0.473. The molecule has 150 valence electrons. The molecule has 0 bridgehead atoms. The van der Waals surface area contributed by atoms with Crippen LogP contribution in [0.2, 0.25) is 0 Å². The minimum absolute atomic E-state index is 0.0236. The number of carbonyl (C=O) groups is 2. The molecule has 2 aromatic carbocycles. The van der Waals surface area contributed by atoms with Gasteiger partial charge in [-0.1, -0.05) is 23.9 Å². The number of ether oxygens (including phenoxy) is 1. The summed E-state index contributed by atoms with van der Waals surface area (Å²) in [5.74, 6) is 0.0792. The van der Waals surface area contributed by atoms with E-state index in [1.165, 1.54) is 11.8 Å². The lowest BCUT2D eigenvalue weighted by Crippen LogP contribution is -2.20. The second-order valence-corrected chi connectivity index (χ2v) is 8.38. The number of thioether (sulfide) groups is 1. The van der Waals surface area contributed by atoms with Gasteiger partial charge in [-0.15, -0.1) is 0 Å². The summed E-state index contributed by atoms with van der Waals surface area (Å²) in [6, 6.07) is 13.5. The smallest absolute Gasteiger partial charge is 0.224 e. The summed E-state index contributed by atoms with van der Waals surface area (Å²) in [4.78, 5) is 29.3. The van der Waals surface area contributed by atoms with E-state index in [1.807, 2.05) is 43.3 Å². The van der Waals surface area contributed by atoms with Crippen molar-refractivity contribution in [1.29, 1.82) is 0 Å². The van der Waals surface area contributed by atoms with Crippen molar-refractivity contribution in [3.63, 3.8) is 0 Å². The van der Waals surface area contributed by atoms with Gasteiger partial charge < -0.3 is 14.6 Å². The fourth-order valence-electron chi connectivity index (χ4n) is 3.53. The number of ketones is 1. The fourth-order valence-corrected chi connectivity index (χ4v) is 4.55. The molecule has 1 atom stereocenters. The maximum absolute atomic E-state index is 13.1. The number of aryl methyl sites for hydroxylation is 1. The Bertz CT molecular complexity index is 1080. The molecule has 1 aliphatic heterocycles. The standard InChI is InChI=1S/C22H23N3O3S/c1-14(21(27)16-7-9-17-15(13-16)8-10-20(26)23-17)29-22-24-18-5-3-4-6-19(18)25(22)11-12-28-2/h3-7,9,13-14H,8,10-12H2,1-2H3,(H,23,26). The average molecular weight is 410 g/mol. The van der Waals surface area contributed by atoms with Crippen LogP contribution in [-0.4, -0.2) is 40.2 Å². The zero-order chi connectivity index (χ0) is 20.4. The maximum Gasteiger partial charge on any atom is 0.224 e. The summed E-state index contributed by atoms with van der Waals surface area (Å²) in [5, 5.41) is 3.38. The van der Waals surface area contributed by atoms with E-state index in [1.54, 1.807) is 13.2 Å². The zero-order valence-electron chi connectivity index (χ0n) is 16.5. The third-order valence-corrected chi connectivity index (χ3v) is 6.17. The van der Waals surface area contributed by atoms with Crippen molar-refractivity contribution in [2.75, 3.05) is 19.0 Å². The van der Waals surface area contributed by atoms with E-state index in [0.29, 0.717) is 31.6 Å². The van der Waals surface area contributed by atoms with E-state index in [-0.39, 0.29) is 16.9 Å². The molecular weight excluding hydrogens is 386 g/mol. The maximum atomic E-state index is 13.1. The molecule has 1 amide bonds. The summed E-state index contributed by atoms with van der Waals surface area (Å²) in [7, 11) is 1.68. The Morgan fingerprint density at radius 3 is 2.93 bits per heavy atom. The van der Waals surface area contributed by atoms with Crippen LogP contribution in [0.25, 0.3) is 11.0 Å². The highest BCUT2D eigenvalue weighted by Crippen LogP contribution is 2.30. The molecule has 0 saturated heterocycles. The number of hydrogen-bond acceptors (Lipinski definition) is 5. The number of nitrogens with zero attached hydrogens (tertiary/aromatic N) is 2. The first-order chi connectivity index (χ1) is 14.1. The SMILES string of the molecule is COCCn1c(SC(C)C(=O)c2ccc3c(c2)CCC(=O)N3)nc2ccccc21. The van der Waals surface area contributed by atoms with Crippen LogP contribution in [0.5, 0.6) is 0 Å². The molecule has 0 radical (unpaired) electrons. The number of aromatic nitrogens is 2. The Hall–Kier alpha value is -2.64. The van der Waals surface area contributed by atoms with Crippen LogP contribution in [0.1, 0.15) is 29.3 Å². The van der Waals surface area contributed by atoms with Crippen molar-refractivity contribution in [2.45, 2.75) is 36.7 Å². The lowest BCUT2D eigenvalue weighted by Gasteiger charge is -2.18. The number of fused-ring (bicyclic) bond motifs is 2. The van der Waals surface area contributed by atoms with Crippen LogP contribution in [0.15, 0.2) is 47.6 Å². The number of Topliss-reactive ketones (excluding diaryl/α,β-unsaturated/α-hetero) is 1. The van der Waals surface area contributed by atoms with Gasteiger partial charge >= 0.3 is 0 Å². The Kier molecular flexibility index (Phi) is 5.69. The van der Waals surface area contributed by atoms with Crippen molar-refractivity contribution in [3.8, 4) is 0 Å². The molecule has 0 saturated carbocycles. The minimum Gasteiger partial charge on any atom is -0.383 e. The summed E-state index contributed by atoms with van der Waals surface area (Å²) in [5.41, 5.74) is 4.44. The third kappa shape index (κ3) is 4.06. The van der Waals surface area contributed by atoms with Crippen molar-refractivity contribution < 1.29 is 14.3 Å². The molecule has 2 heterocycles.